The molecule has 0 amide bonds. The number of aromatic hydroxyl groups is 1. The Hall–Kier alpha value is -1.62. The average Bonchev–Trinajstić information content (AvgIpc) is 2.38. The van der Waals surface area contributed by atoms with E-state index < -0.39 is 11.6 Å². The van der Waals surface area contributed by atoms with Crippen LogP contribution in [0.15, 0.2) is 34.8 Å². The third-order valence-corrected chi connectivity index (χ3v) is 3.64. The first-order chi connectivity index (χ1) is 9.38. The van der Waals surface area contributed by atoms with Crippen molar-refractivity contribution in [3.63, 3.8) is 0 Å². The van der Waals surface area contributed by atoms with Crippen molar-refractivity contribution in [1.29, 1.82) is 0 Å². The van der Waals surface area contributed by atoms with Crippen LogP contribution in [0, 0.1) is 18.6 Å². The molecule has 2 aromatic carbocycles. The number of nitrogens with one attached hydrogen (secondary N) is 1. The predicted octanol–water partition coefficient (Wildman–Crippen LogP) is 4.91. The smallest absolute Gasteiger partial charge is 0.147 e. The minimum Gasteiger partial charge on any atom is -0.508 e. The summed E-state index contributed by atoms with van der Waals surface area (Å²) in [5, 5.41) is 12.7. The van der Waals surface area contributed by atoms with Gasteiger partial charge in [0, 0.05) is 11.6 Å². The first-order valence-corrected chi connectivity index (χ1v) is 6.88. The molecule has 0 spiro atoms. The molecule has 1 unspecified atom stereocenters. The highest BCUT2D eigenvalue weighted by Gasteiger charge is 2.14. The molecule has 20 heavy (non-hydrogen) atoms. The highest BCUT2D eigenvalue weighted by Crippen LogP contribution is 2.30. The number of hydrogen-bond donors (Lipinski definition) is 2. The molecule has 0 fully saturated rings. The summed E-state index contributed by atoms with van der Waals surface area (Å²) in [6, 6.07) is 6.97. The van der Waals surface area contributed by atoms with E-state index in [-0.39, 0.29) is 22.0 Å². The number of rotatable bonds is 3. The van der Waals surface area contributed by atoms with Crippen molar-refractivity contribution in [2.24, 2.45) is 0 Å². The van der Waals surface area contributed by atoms with Crippen LogP contribution < -0.4 is 5.32 Å². The van der Waals surface area contributed by atoms with Crippen molar-refractivity contribution < 1.29 is 13.9 Å². The zero-order chi connectivity index (χ0) is 14.9. The molecule has 0 heterocycles. The molecule has 5 heteroatoms. The van der Waals surface area contributed by atoms with Crippen LogP contribution in [-0.2, 0) is 0 Å². The highest BCUT2D eigenvalue weighted by molar-refractivity contribution is 9.10. The van der Waals surface area contributed by atoms with Gasteiger partial charge in [0.05, 0.1) is 16.2 Å². The van der Waals surface area contributed by atoms with Crippen LogP contribution in [0.3, 0.4) is 0 Å². The van der Waals surface area contributed by atoms with Crippen LogP contribution in [0.2, 0.25) is 0 Å². The van der Waals surface area contributed by atoms with Gasteiger partial charge in [-0.1, -0.05) is 17.7 Å². The van der Waals surface area contributed by atoms with Crippen LogP contribution in [0.1, 0.15) is 24.1 Å². The van der Waals surface area contributed by atoms with Gasteiger partial charge in [0.25, 0.3) is 0 Å². The van der Waals surface area contributed by atoms with Crippen LogP contribution in [-0.4, -0.2) is 5.11 Å². The van der Waals surface area contributed by atoms with Gasteiger partial charge >= 0.3 is 0 Å². The summed E-state index contributed by atoms with van der Waals surface area (Å²) in [5.74, 6) is -0.986. The van der Waals surface area contributed by atoms with E-state index in [1.54, 1.807) is 25.1 Å². The third kappa shape index (κ3) is 3.10. The Balaban J connectivity index is 2.30. The van der Waals surface area contributed by atoms with E-state index in [1.807, 2.05) is 6.92 Å². The fourth-order valence-electron chi connectivity index (χ4n) is 1.96. The van der Waals surface area contributed by atoms with E-state index in [0.29, 0.717) is 5.56 Å². The van der Waals surface area contributed by atoms with E-state index >= 15 is 0 Å². The van der Waals surface area contributed by atoms with Crippen molar-refractivity contribution >= 4 is 21.6 Å². The average molecular weight is 342 g/mol. The lowest BCUT2D eigenvalue weighted by Crippen LogP contribution is -2.09. The van der Waals surface area contributed by atoms with Gasteiger partial charge in [-0.25, -0.2) is 8.78 Å². The summed E-state index contributed by atoms with van der Waals surface area (Å²) >= 11 is 2.93. The first-order valence-electron chi connectivity index (χ1n) is 6.09. The fraction of sp³-hybridized carbons (Fsp3) is 0.200. The number of halogens is 3. The Morgan fingerprint density at radius 2 is 1.85 bits per heavy atom. The number of benzene rings is 2. The zero-order valence-electron chi connectivity index (χ0n) is 11.0. The van der Waals surface area contributed by atoms with Crippen LogP contribution >= 0.6 is 15.9 Å². The van der Waals surface area contributed by atoms with E-state index in [9.17, 15) is 13.9 Å². The molecule has 1 atom stereocenters. The van der Waals surface area contributed by atoms with E-state index in [2.05, 4.69) is 21.2 Å². The van der Waals surface area contributed by atoms with E-state index in [4.69, 9.17) is 0 Å². The fourth-order valence-corrected chi connectivity index (χ4v) is 2.28. The Morgan fingerprint density at radius 1 is 1.15 bits per heavy atom. The number of hydrogen-bond acceptors (Lipinski definition) is 2. The Labute approximate surface area is 124 Å². The van der Waals surface area contributed by atoms with Crippen LogP contribution in [0.5, 0.6) is 5.75 Å². The minimum atomic E-state index is -0.558. The van der Waals surface area contributed by atoms with Gasteiger partial charge in [0.15, 0.2) is 0 Å². The molecule has 2 aromatic rings. The molecule has 2 rings (SSSR count). The van der Waals surface area contributed by atoms with Gasteiger partial charge < -0.3 is 10.4 Å². The van der Waals surface area contributed by atoms with E-state index in [0.717, 1.165) is 17.7 Å². The van der Waals surface area contributed by atoms with Crippen molar-refractivity contribution in [3.8, 4) is 5.75 Å². The molecule has 0 aliphatic heterocycles. The summed E-state index contributed by atoms with van der Waals surface area (Å²) < 4.78 is 27.3. The SMILES string of the molecule is Cc1ccc(O)c(C(C)Nc2cc(F)c(Br)cc2F)c1. The first kappa shape index (κ1) is 14.8. The number of phenolic OH excluding ortho intramolecular Hbond substituents is 1. The Kier molecular flexibility index (Phi) is 4.28. The van der Waals surface area contributed by atoms with Crippen LogP contribution in [0.4, 0.5) is 14.5 Å². The van der Waals surface area contributed by atoms with Gasteiger partial charge in [-0.05, 0) is 41.9 Å². The lowest BCUT2D eigenvalue weighted by molar-refractivity contribution is 0.465. The van der Waals surface area contributed by atoms with Gasteiger partial charge in [0.1, 0.15) is 17.4 Å². The zero-order valence-corrected chi connectivity index (χ0v) is 12.6. The van der Waals surface area contributed by atoms with Crippen molar-refractivity contribution in [1.82, 2.24) is 0 Å². The Morgan fingerprint density at radius 3 is 2.55 bits per heavy atom. The maximum atomic E-state index is 13.8. The molecule has 2 nitrogen and oxygen atoms in total. The molecule has 0 aliphatic carbocycles. The molecule has 0 saturated heterocycles. The molecule has 2 N–H and O–H groups in total. The minimum absolute atomic E-state index is 0.0547. The van der Waals surface area contributed by atoms with Crippen molar-refractivity contribution in [2.75, 3.05) is 5.32 Å². The molecular formula is C15H14BrF2NO. The maximum absolute atomic E-state index is 13.8. The standard InChI is InChI=1S/C15H14BrF2NO/c1-8-3-4-15(20)10(5-8)9(2)19-14-7-12(17)11(16)6-13(14)18/h3-7,9,19-20H,1-2H3. The van der Waals surface area contributed by atoms with E-state index in [1.165, 1.54) is 0 Å². The normalized spacial score (nSPS) is 12.2. The molecule has 0 aliphatic rings. The lowest BCUT2D eigenvalue weighted by Gasteiger charge is -2.18. The van der Waals surface area contributed by atoms with Crippen molar-refractivity contribution in [2.45, 2.75) is 19.9 Å². The summed E-state index contributed by atoms with van der Waals surface area (Å²) in [6.07, 6.45) is 0. The van der Waals surface area contributed by atoms with Crippen LogP contribution in [0.25, 0.3) is 0 Å². The summed E-state index contributed by atoms with van der Waals surface area (Å²) in [6.45, 7) is 3.67. The van der Waals surface area contributed by atoms with Gasteiger partial charge in [0.2, 0.25) is 0 Å². The summed E-state index contributed by atoms with van der Waals surface area (Å²) in [4.78, 5) is 0. The molecule has 0 saturated carbocycles. The van der Waals surface area contributed by atoms with Gasteiger partial charge in [-0.15, -0.1) is 0 Å². The molecule has 0 bridgehead atoms. The highest BCUT2D eigenvalue weighted by atomic mass is 79.9. The number of anilines is 1. The topological polar surface area (TPSA) is 32.3 Å². The quantitative estimate of drug-likeness (QED) is 0.777. The summed E-state index contributed by atoms with van der Waals surface area (Å²) in [5.41, 5.74) is 1.67. The maximum Gasteiger partial charge on any atom is 0.147 e. The Bertz CT molecular complexity index is 646. The lowest BCUT2D eigenvalue weighted by atomic mass is 10.0. The van der Waals surface area contributed by atoms with Crippen molar-refractivity contribution in [3.05, 3.63) is 57.6 Å². The molecule has 0 aromatic heterocycles. The second kappa shape index (κ2) is 5.79. The molecule has 106 valence electrons. The third-order valence-electron chi connectivity index (χ3n) is 3.03. The predicted molar refractivity (Wildman–Crippen MR) is 78.9 cm³/mol. The van der Waals surface area contributed by atoms with Gasteiger partial charge in [-0.3, -0.25) is 0 Å². The number of phenols is 1. The molecular weight excluding hydrogens is 328 g/mol. The second-order valence-corrected chi connectivity index (χ2v) is 5.53. The molecule has 0 radical (unpaired) electrons. The number of aryl methyl sites for hydroxylation is 1. The summed E-state index contributed by atoms with van der Waals surface area (Å²) in [7, 11) is 0. The monoisotopic (exact) mass is 341 g/mol. The van der Waals surface area contributed by atoms with Gasteiger partial charge in [-0.2, -0.15) is 0 Å². The largest absolute Gasteiger partial charge is 0.508 e. The second-order valence-electron chi connectivity index (χ2n) is 4.67.